The van der Waals surface area contributed by atoms with Crippen LogP contribution in [0.5, 0.6) is 5.75 Å². The molecule has 142 valence electrons. The van der Waals surface area contributed by atoms with Crippen LogP contribution in [-0.4, -0.2) is 32.1 Å². The Morgan fingerprint density at radius 2 is 1.69 bits per heavy atom. The highest BCUT2D eigenvalue weighted by Crippen LogP contribution is 2.32. The topological polar surface area (TPSA) is 89.5 Å². The fourth-order valence-corrected chi connectivity index (χ4v) is 3.51. The number of nitriles is 1. The minimum Gasteiger partial charge on any atom is -0.497 e. The zero-order chi connectivity index (χ0) is 20.2. The predicted octanol–water partition coefficient (Wildman–Crippen LogP) is 4.41. The van der Waals surface area contributed by atoms with E-state index in [-0.39, 0.29) is 5.69 Å². The van der Waals surface area contributed by atoms with Crippen LogP contribution in [0.1, 0.15) is 5.69 Å². The summed E-state index contributed by atoms with van der Waals surface area (Å²) in [4.78, 5) is 0. The van der Waals surface area contributed by atoms with Crippen LogP contribution in [0, 0.1) is 11.3 Å². The minimum atomic E-state index is 0.257. The van der Waals surface area contributed by atoms with Gasteiger partial charge >= 0.3 is 0 Å². The lowest BCUT2D eigenvalue weighted by atomic mass is 10.2. The average Bonchev–Trinajstić information content (AvgIpc) is 3.18. The molecule has 0 radical (unpaired) electrons. The fraction of sp³-hybridized carbons (Fsp3) is 0.0500. The Balaban J connectivity index is 1.79. The Bertz CT molecular complexity index is 1170. The van der Waals surface area contributed by atoms with Gasteiger partial charge in [0.2, 0.25) is 5.16 Å². The Morgan fingerprint density at radius 1 is 0.931 bits per heavy atom. The van der Waals surface area contributed by atoms with Crippen molar-refractivity contribution in [3.8, 4) is 28.9 Å². The van der Waals surface area contributed by atoms with Crippen LogP contribution in [0.2, 0.25) is 5.02 Å². The first-order valence-electron chi connectivity index (χ1n) is 8.45. The summed E-state index contributed by atoms with van der Waals surface area (Å²) in [6.45, 7) is 0. The Hall–Kier alpha value is -3.41. The zero-order valence-electron chi connectivity index (χ0n) is 15.2. The normalized spacial score (nSPS) is 10.5. The third-order valence-corrected chi connectivity index (χ3v) is 5.14. The highest BCUT2D eigenvalue weighted by molar-refractivity contribution is 7.99. The quantitative estimate of drug-likeness (QED) is 0.472. The number of methoxy groups -OCH3 is 1. The van der Waals surface area contributed by atoms with Crippen molar-refractivity contribution in [2.24, 2.45) is 0 Å². The maximum Gasteiger partial charge on any atom is 0.202 e. The minimum absolute atomic E-state index is 0.257. The zero-order valence-corrected chi connectivity index (χ0v) is 16.7. The lowest BCUT2D eigenvalue weighted by Crippen LogP contribution is -2.00. The molecule has 0 amide bonds. The molecule has 9 heteroatoms. The van der Waals surface area contributed by atoms with Gasteiger partial charge in [-0.05, 0) is 72.4 Å². The largest absolute Gasteiger partial charge is 0.497 e. The number of halogens is 1. The molecule has 0 fully saturated rings. The van der Waals surface area contributed by atoms with E-state index in [4.69, 9.17) is 21.6 Å². The summed E-state index contributed by atoms with van der Waals surface area (Å²) in [5.74, 6) is 1.42. The number of nitrogens with zero attached hydrogens (tertiary/aromatic N) is 6. The van der Waals surface area contributed by atoms with Crippen molar-refractivity contribution >= 4 is 23.4 Å². The number of ether oxygens (including phenoxy) is 1. The van der Waals surface area contributed by atoms with E-state index in [0.717, 1.165) is 17.0 Å². The maximum absolute atomic E-state index is 8.89. The first kappa shape index (κ1) is 18.9. The van der Waals surface area contributed by atoms with Crippen LogP contribution >= 0.6 is 23.4 Å². The first-order valence-corrected chi connectivity index (χ1v) is 9.65. The number of hydrogen-bond acceptors (Lipinski definition) is 7. The molecule has 0 unspecified atom stereocenters. The monoisotopic (exact) mass is 420 g/mol. The lowest BCUT2D eigenvalue weighted by Gasteiger charge is -2.10. The molecule has 2 aromatic heterocycles. The molecule has 4 rings (SSSR count). The standard InChI is InChI=1S/C20H13ClN6OS/c1-28-17-9-2-13(3-10-17)19-25-26-20(27(19)16-7-4-14(21)5-8-16)29-18-11-6-15(12-22)23-24-18/h2-11H,1H3. The van der Waals surface area contributed by atoms with Crippen LogP contribution in [0.4, 0.5) is 0 Å². The molecular weight excluding hydrogens is 408 g/mol. The smallest absolute Gasteiger partial charge is 0.202 e. The van der Waals surface area contributed by atoms with Crippen molar-refractivity contribution in [2.45, 2.75) is 10.2 Å². The van der Waals surface area contributed by atoms with Gasteiger partial charge in [-0.2, -0.15) is 5.26 Å². The molecule has 0 aliphatic rings. The molecule has 2 aromatic carbocycles. The van der Waals surface area contributed by atoms with Crippen LogP contribution in [0.15, 0.2) is 70.8 Å². The van der Waals surface area contributed by atoms with Crippen molar-refractivity contribution in [3.05, 3.63) is 71.4 Å². The highest BCUT2D eigenvalue weighted by atomic mass is 35.5. The summed E-state index contributed by atoms with van der Waals surface area (Å²) in [6.07, 6.45) is 0. The second kappa shape index (κ2) is 8.31. The Morgan fingerprint density at radius 3 is 2.31 bits per heavy atom. The van der Waals surface area contributed by atoms with E-state index >= 15 is 0 Å². The van der Waals surface area contributed by atoms with Gasteiger partial charge in [0.1, 0.15) is 16.8 Å². The second-order valence-electron chi connectivity index (χ2n) is 5.82. The van der Waals surface area contributed by atoms with Gasteiger partial charge in [0.15, 0.2) is 11.5 Å². The fourth-order valence-electron chi connectivity index (χ4n) is 2.61. The van der Waals surface area contributed by atoms with Crippen LogP contribution in [-0.2, 0) is 0 Å². The van der Waals surface area contributed by atoms with Crippen LogP contribution in [0.25, 0.3) is 17.1 Å². The number of hydrogen-bond donors (Lipinski definition) is 0. The second-order valence-corrected chi connectivity index (χ2v) is 7.24. The average molecular weight is 421 g/mol. The van der Waals surface area contributed by atoms with Gasteiger partial charge in [-0.15, -0.1) is 20.4 Å². The number of aromatic nitrogens is 5. The van der Waals surface area contributed by atoms with Crippen molar-refractivity contribution in [1.29, 1.82) is 5.26 Å². The van der Waals surface area contributed by atoms with Crippen LogP contribution in [0.3, 0.4) is 0 Å². The Labute approximate surface area is 175 Å². The molecule has 0 spiro atoms. The molecule has 0 saturated carbocycles. The van der Waals surface area contributed by atoms with E-state index in [1.54, 1.807) is 19.2 Å². The first-order chi connectivity index (χ1) is 14.2. The van der Waals surface area contributed by atoms with E-state index < -0.39 is 0 Å². The molecular formula is C20H13ClN6OS. The number of rotatable bonds is 5. The van der Waals surface area contributed by atoms with Gasteiger partial charge in [-0.25, -0.2) is 0 Å². The Kier molecular flexibility index (Phi) is 5.42. The lowest BCUT2D eigenvalue weighted by molar-refractivity contribution is 0.415. The third kappa shape index (κ3) is 4.06. The maximum atomic E-state index is 8.89. The SMILES string of the molecule is COc1ccc(-c2nnc(Sc3ccc(C#N)nn3)n2-c2ccc(Cl)cc2)cc1. The predicted molar refractivity (Wildman–Crippen MR) is 109 cm³/mol. The summed E-state index contributed by atoms with van der Waals surface area (Å²) < 4.78 is 7.16. The third-order valence-electron chi connectivity index (χ3n) is 4.02. The van der Waals surface area contributed by atoms with E-state index in [1.807, 2.05) is 59.2 Å². The van der Waals surface area contributed by atoms with Gasteiger partial charge in [-0.1, -0.05) is 11.6 Å². The van der Waals surface area contributed by atoms with Gasteiger partial charge in [0.25, 0.3) is 0 Å². The van der Waals surface area contributed by atoms with Crippen molar-refractivity contribution in [3.63, 3.8) is 0 Å². The molecule has 29 heavy (non-hydrogen) atoms. The van der Waals surface area contributed by atoms with E-state index in [0.29, 0.717) is 21.0 Å². The molecule has 0 aliphatic heterocycles. The summed E-state index contributed by atoms with van der Waals surface area (Å²) >= 11 is 7.36. The summed E-state index contributed by atoms with van der Waals surface area (Å²) in [5.41, 5.74) is 1.99. The summed E-state index contributed by atoms with van der Waals surface area (Å²) in [5, 5.41) is 27.4. The van der Waals surface area contributed by atoms with Crippen molar-refractivity contribution in [2.75, 3.05) is 7.11 Å². The molecule has 0 saturated heterocycles. The molecule has 2 heterocycles. The highest BCUT2D eigenvalue weighted by Gasteiger charge is 2.17. The van der Waals surface area contributed by atoms with Gasteiger partial charge in [-0.3, -0.25) is 4.57 Å². The van der Waals surface area contributed by atoms with E-state index in [9.17, 15) is 0 Å². The molecule has 4 aromatic rings. The van der Waals surface area contributed by atoms with Crippen molar-refractivity contribution < 1.29 is 4.74 Å². The summed E-state index contributed by atoms with van der Waals surface area (Å²) in [6, 6.07) is 20.3. The number of benzene rings is 2. The van der Waals surface area contributed by atoms with Crippen molar-refractivity contribution in [1.82, 2.24) is 25.0 Å². The molecule has 7 nitrogen and oxygen atoms in total. The molecule has 0 bridgehead atoms. The van der Waals surface area contributed by atoms with Gasteiger partial charge in [0.05, 0.1) is 7.11 Å². The summed E-state index contributed by atoms with van der Waals surface area (Å²) in [7, 11) is 1.62. The van der Waals surface area contributed by atoms with E-state index in [1.165, 1.54) is 11.8 Å². The molecule has 0 atom stereocenters. The molecule has 0 aliphatic carbocycles. The van der Waals surface area contributed by atoms with Gasteiger partial charge in [0, 0.05) is 16.3 Å². The molecule has 0 N–H and O–H groups in total. The van der Waals surface area contributed by atoms with Crippen LogP contribution < -0.4 is 4.74 Å². The van der Waals surface area contributed by atoms with Gasteiger partial charge < -0.3 is 4.74 Å². The van der Waals surface area contributed by atoms with E-state index in [2.05, 4.69) is 20.4 Å².